The van der Waals surface area contributed by atoms with Crippen molar-refractivity contribution < 1.29 is 14.6 Å². The monoisotopic (exact) mass is 281 g/mol. The normalized spacial score (nSPS) is 11.7. The van der Waals surface area contributed by atoms with Gasteiger partial charge in [-0.25, -0.2) is 0 Å². The Morgan fingerprint density at radius 1 is 1.15 bits per heavy atom. The quantitative estimate of drug-likeness (QED) is 0.718. The van der Waals surface area contributed by atoms with Gasteiger partial charge >= 0.3 is 0 Å². The number of hydrogen-bond donors (Lipinski definition) is 2. The van der Waals surface area contributed by atoms with E-state index in [0.29, 0.717) is 19.8 Å². The predicted molar refractivity (Wildman–Crippen MR) is 81.2 cm³/mol. The van der Waals surface area contributed by atoms with Gasteiger partial charge in [0.15, 0.2) is 0 Å². The van der Waals surface area contributed by atoms with E-state index >= 15 is 0 Å². The highest BCUT2D eigenvalue weighted by atomic mass is 16.5. The molecule has 0 fully saturated rings. The van der Waals surface area contributed by atoms with Crippen LogP contribution in [0.1, 0.15) is 31.9 Å². The van der Waals surface area contributed by atoms with Gasteiger partial charge in [-0.05, 0) is 33.3 Å². The molecule has 20 heavy (non-hydrogen) atoms. The third kappa shape index (κ3) is 6.37. The summed E-state index contributed by atoms with van der Waals surface area (Å²) in [6.07, 6.45) is 0. The second-order valence-corrected chi connectivity index (χ2v) is 5.85. The molecule has 0 aliphatic heterocycles. The Balaban J connectivity index is 2.59. The fourth-order valence-corrected chi connectivity index (χ4v) is 1.79. The molecule has 0 unspecified atom stereocenters. The maximum Gasteiger partial charge on any atom is 0.126 e. The lowest BCUT2D eigenvalue weighted by molar-refractivity contribution is 0.0701. The van der Waals surface area contributed by atoms with Crippen LogP contribution in [-0.4, -0.2) is 37.1 Å². The lowest BCUT2D eigenvalue weighted by atomic mass is 10.1. The zero-order valence-corrected chi connectivity index (χ0v) is 13.0. The van der Waals surface area contributed by atoms with E-state index in [0.717, 1.165) is 23.4 Å². The number of aliphatic hydroxyl groups is 1. The number of ether oxygens (including phenoxy) is 2. The molecule has 1 aromatic carbocycles. The van der Waals surface area contributed by atoms with Gasteiger partial charge in [0.05, 0.1) is 19.8 Å². The maximum absolute atomic E-state index is 8.64. The maximum atomic E-state index is 8.64. The molecule has 0 aromatic heterocycles. The molecule has 0 amide bonds. The van der Waals surface area contributed by atoms with E-state index in [1.807, 2.05) is 19.1 Å². The van der Waals surface area contributed by atoms with Crippen molar-refractivity contribution in [2.24, 2.45) is 0 Å². The van der Waals surface area contributed by atoms with Crippen molar-refractivity contribution in [3.8, 4) is 5.75 Å². The number of aliphatic hydroxyl groups excluding tert-OH is 1. The first kappa shape index (κ1) is 17.0. The van der Waals surface area contributed by atoms with E-state index in [1.54, 1.807) is 0 Å². The van der Waals surface area contributed by atoms with Gasteiger partial charge in [0.2, 0.25) is 0 Å². The van der Waals surface area contributed by atoms with Crippen LogP contribution in [0.5, 0.6) is 5.75 Å². The molecule has 0 atom stereocenters. The van der Waals surface area contributed by atoms with Crippen LogP contribution in [0.4, 0.5) is 0 Å². The van der Waals surface area contributed by atoms with E-state index in [9.17, 15) is 0 Å². The van der Waals surface area contributed by atoms with Crippen LogP contribution in [-0.2, 0) is 11.3 Å². The molecule has 2 N–H and O–H groups in total. The van der Waals surface area contributed by atoms with Crippen molar-refractivity contribution in [1.29, 1.82) is 0 Å². The number of rotatable bonds is 8. The van der Waals surface area contributed by atoms with Gasteiger partial charge in [-0.3, -0.25) is 0 Å². The Morgan fingerprint density at radius 3 is 2.55 bits per heavy atom. The van der Waals surface area contributed by atoms with Gasteiger partial charge in [0, 0.05) is 17.6 Å². The zero-order valence-electron chi connectivity index (χ0n) is 13.0. The summed E-state index contributed by atoms with van der Waals surface area (Å²) < 4.78 is 11.0. The topological polar surface area (TPSA) is 50.7 Å². The average Bonchev–Trinajstić information content (AvgIpc) is 2.37. The Morgan fingerprint density at radius 2 is 1.90 bits per heavy atom. The highest BCUT2D eigenvalue weighted by molar-refractivity contribution is 5.40. The zero-order chi connectivity index (χ0) is 15.0. The second kappa shape index (κ2) is 8.25. The minimum absolute atomic E-state index is 0.0467. The Kier molecular flexibility index (Phi) is 6.99. The lowest BCUT2D eigenvalue weighted by Crippen LogP contribution is -2.35. The molecule has 0 heterocycles. The third-order valence-electron chi connectivity index (χ3n) is 2.81. The van der Waals surface area contributed by atoms with E-state index in [-0.39, 0.29) is 12.1 Å². The van der Waals surface area contributed by atoms with Crippen molar-refractivity contribution in [2.75, 3.05) is 26.4 Å². The number of benzene rings is 1. The summed E-state index contributed by atoms with van der Waals surface area (Å²) >= 11 is 0. The third-order valence-corrected chi connectivity index (χ3v) is 2.81. The molecule has 4 nitrogen and oxygen atoms in total. The molecular formula is C16H27NO3. The van der Waals surface area contributed by atoms with Crippen molar-refractivity contribution in [3.05, 3.63) is 29.3 Å². The summed E-state index contributed by atoms with van der Waals surface area (Å²) in [6.45, 7) is 10.6. The molecule has 114 valence electrons. The molecule has 0 bridgehead atoms. The summed E-state index contributed by atoms with van der Waals surface area (Å²) in [4.78, 5) is 0. The van der Waals surface area contributed by atoms with E-state index in [2.05, 4.69) is 32.2 Å². The van der Waals surface area contributed by atoms with Gasteiger partial charge in [-0.1, -0.05) is 18.2 Å². The molecular weight excluding hydrogens is 254 g/mol. The molecule has 0 saturated carbocycles. The van der Waals surface area contributed by atoms with Gasteiger partial charge in [0.1, 0.15) is 12.4 Å². The van der Waals surface area contributed by atoms with E-state index in [1.165, 1.54) is 0 Å². The van der Waals surface area contributed by atoms with Crippen LogP contribution in [0.25, 0.3) is 0 Å². The first-order chi connectivity index (χ1) is 9.44. The first-order valence-electron chi connectivity index (χ1n) is 7.09. The van der Waals surface area contributed by atoms with Crippen LogP contribution >= 0.6 is 0 Å². The van der Waals surface area contributed by atoms with Gasteiger partial charge in [0.25, 0.3) is 0 Å². The van der Waals surface area contributed by atoms with E-state index in [4.69, 9.17) is 14.6 Å². The molecule has 0 radical (unpaired) electrons. The number of hydrogen-bond acceptors (Lipinski definition) is 4. The molecule has 0 aliphatic rings. The Hall–Kier alpha value is -1.10. The summed E-state index contributed by atoms with van der Waals surface area (Å²) in [5.74, 6) is 0.928. The standard InChI is InChI=1S/C16H27NO3/c1-13-6-5-7-14(12-17-16(2,3)4)15(13)20-11-10-19-9-8-18/h5-7,17-18H,8-12H2,1-4H3. The van der Waals surface area contributed by atoms with Crippen LogP contribution in [0.15, 0.2) is 18.2 Å². The largest absolute Gasteiger partial charge is 0.491 e. The van der Waals surface area contributed by atoms with Gasteiger partial charge < -0.3 is 19.9 Å². The minimum atomic E-state index is 0.0467. The summed E-state index contributed by atoms with van der Waals surface area (Å²) in [5.41, 5.74) is 2.35. The summed E-state index contributed by atoms with van der Waals surface area (Å²) in [5, 5.41) is 12.1. The number of para-hydroxylation sites is 1. The first-order valence-corrected chi connectivity index (χ1v) is 7.09. The van der Waals surface area contributed by atoms with Crippen molar-refractivity contribution in [3.63, 3.8) is 0 Å². The fourth-order valence-electron chi connectivity index (χ4n) is 1.79. The van der Waals surface area contributed by atoms with Crippen LogP contribution in [0, 0.1) is 6.92 Å². The molecule has 1 aromatic rings. The highest BCUT2D eigenvalue weighted by Crippen LogP contribution is 2.23. The lowest BCUT2D eigenvalue weighted by Gasteiger charge is -2.22. The number of nitrogens with one attached hydrogen (secondary N) is 1. The Bertz CT molecular complexity index is 399. The molecule has 0 saturated heterocycles. The fraction of sp³-hybridized carbons (Fsp3) is 0.625. The van der Waals surface area contributed by atoms with Crippen molar-refractivity contribution in [2.45, 2.75) is 39.8 Å². The Labute approximate surface area is 122 Å². The van der Waals surface area contributed by atoms with Crippen LogP contribution < -0.4 is 10.1 Å². The average molecular weight is 281 g/mol. The summed E-state index contributed by atoms with van der Waals surface area (Å²) in [6, 6.07) is 6.17. The predicted octanol–water partition coefficient (Wildman–Crippen LogP) is 2.27. The van der Waals surface area contributed by atoms with Gasteiger partial charge in [-0.15, -0.1) is 0 Å². The van der Waals surface area contributed by atoms with Crippen molar-refractivity contribution in [1.82, 2.24) is 5.32 Å². The van der Waals surface area contributed by atoms with E-state index < -0.39 is 0 Å². The van der Waals surface area contributed by atoms with Crippen molar-refractivity contribution >= 4 is 0 Å². The van der Waals surface area contributed by atoms with Gasteiger partial charge in [-0.2, -0.15) is 0 Å². The minimum Gasteiger partial charge on any atom is -0.491 e. The molecule has 0 aliphatic carbocycles. The summed E-state index contributed by atoms with van der Waals surface area (Å²) in [7, 11) is 0. The molecule has 1 rings (SSSR count). The molecule has 4 heteroatoms. The molecule has 0 spiro atoms. The smallest absolute Gasteiger partial charge is 0.126 e. The van der Waals surface area contributed by atoms with Crippen LogP contribution in [0.3, 0.4) is 0 Å². The highest BCUT2D eigenvalue weighted by Gasteiger charge is 2.12. The van der Waals surface area contributed by atoms with Crippen LogP contribution in [0.2, 0.25) is 0 Å². The SMILES string of the molecule is Cc1cccc(CNC(C)(C)C)c1OCCOCCO. The second-order valence-electron chi connectivity index (χ2n) is 5.85. The number of aryl methyl sites for hydroxylation is 1.